The van der Waals surface area contributed by atoms with Crippen LogP contribution in [0.1, 0.15) is 11.9 Å². The topological polar surface area (TPSA) is 109 Å². The number of hydrogen-bond donors (Lipinski definition) is 2. The van der Waals surface area contributed by atoms with Crippen LogP contribution in [0.5, 0.6) is 0 Å². The lowest BCUT2D eigenvalue weighted by atomic mass is 10.4. The molecular weight excluding hydrogens is 310 g/mol. The lowest BCUT2D eigenvalue weighted by Gasteiger charge is -2.09. The fraction of sp³-hybridized carbons (Fsp3) is 0.273. The number of thioether (sulfide) groups is 1. The molecule has 0 radical (unpaired) electrons. The average Bonchev–Trinajstić information content (AvgIpc) is 3.08. The van der Waals surface area contributed by atoms with Gasteiger partial charge in [-0.05, 0) is 13.8 Å². The molecule has 0 aromatic carbocycles. The number of H-pyrrole nitrogens is 1. The lowest BCUT2D eigenvalue weighted by Crippen LogP contribution is -2.22. The van der Waals surface area contributed by atoms with Crippen LogP contribution in [-0.4, -0.2) is 41.3 Å². The van der Waals surface area contributed by atoms with Crippen molar-refractivity contribution in [3.8, 4) is 0 Å². The molecule has 0 aliphatic rings. The van der Waals surface area contributed by atoms with Gasteiger partial charge in [-0.2, -0.15) is 0 Å². The highest BCUT2D eigenvalue weighted by Gasteiger charge is 2.19. The Labute approximate surface area is 127 Å². The van der Waals surface area contributed by atoms with Crippen molar-refractivity contribution in [2.45, 2.75) is 24.1 Å². The van der Waals surface area contributed by atoms with Gasteiger partial charge in [0.25, 0.3) is 0 Å². The first-order chi connectivity index (χ1) is 10.1. The fourth-order valence-electron chi connectivity index (χ4n) is 1.61. The maximum atomic E-state index is 12.1. The number of aromatic nitrogens is 6. The number of nitrogens with zero attached hydrogens (tertiary/aromatic N) is 5. The minimum atomic E-state index is -0.337. The van der Waals surface area contributed by atoms with E-state index in [0.29, 0.717) is 15.8 Å². The molecule has 10 heteroatoms. The highest BCUT2D eigenvalue weighted by Crippen LogP contribution is 2.27. The summed E-state index contributed by atoms with van der Waals surface area (Å²) in [6.45, 7) is 3.64. The molecule has 3 aromatic rings. The van der Waals surface area contributed by atoms with Crippen LogP contribution in [0.25, 0.3) is 11.2 Å². The van der Waals surface area contributed by atoms with E-state index < -0.39 is 0 Å². The van der Waals surface area contributed by atoms with Crippen LogP contribution in [0.15, 0.2) is 17.7 Å². The number of hydrogen-bond acceptors (Lipinski definition) is 8. The first-order valence-electron chi connectivity index (χ1n) is 6.05. The quantitative estimate of drug-likeness (QED) is 0.555. The highest BCUT2D eigenvalue weighted by molar-refractivity contribution is 8.00. The van der Waals surface area contributed by atoms with E-state index in [1.165, 1.54) is 29.4 Å². The van der Waals surface area contributed by atoms with Gasteiger partial charge >= 0.3 is 0 Å². The third kappa shape index (κ3) is 3.00. The molecule has 8 nitrogen and oxygen atoms in total. The summed E-state index contributed by atoms with van der Waals surface area (Å²) in [4.78, 5) is 27.4. The molecule has 3 rings (SSSR count). The zero-order chi connectivity index (χ0) is 14.8. The molecule has 108 valence electrons. The maximum absolute atomic E-state index is 12.1. The van der Waals surface area contributed by atoms with E-state index in [2.05, 4.69) is 35.5 Å². The van der Waals surface area contributed by atoms with Crippen LogP contribution in [0.3, 0.4) is 0 Å². The maximum Gasteiger partial charge on any atom is 0.239 e. The third-order valence-corrected chi connectivity index (χ3v) is 4.46. The number of aryl methyl sites for hydroxylation is 1. The van der Waals surface area contributed by atoms with Crippen molar-refractivity contribution in [3.63, 3.8) is 0 Å². The van der Waals surface area contributed by atoms with Gasteiger partial charge in [0, 0.05) is 0 Å². The molecule has 2 N–H and O–H groups in total. The standard InChI is InChI=1S/C11H11N7OS2/c1-5(9(19)16-11-18-17-6(2)21-11)20-10-7-8(13-3-12-7)14-4-15-10/h3-5H,1-2H3,(H,16,18,19)(H,12,13,14,15)/t5-/m1/s1. The molecule has 0 saturated heterocycles. The summed E-state index contributed by atoms with van der Waals surface area (Å²) in [5.41, 5.74) is 1.31. The predicted octanol–water partition coefficient (Wildman–Crippen LogP) is 1.63. The number of nitrogens with one attached hydrogen (secondary N) is 2. The molecule has 3 heterocycles. The number of imidazole rings is 1. The molecule has 1 atom stereocenters. The monoisotopic (exact) mass is 321 g/mol. The first kappa shape index (κ1) is 13.9. The van der Waals surface area contributed by atoms with Gasteiger partial charge in [0.05, 0.1) is 11.6 Å². The summed E-state index contributed by atoms with van der Waals surface area (Å²) < 4.78 is 0. The van der Waals surface area contributed by atoms with Crippen LogP contribution in [0.4, 0.5) is 5.13 Å². The molecule has 0 aliphatic heterocycles. The number of fused-ring (bicyclic) bond motifs is 1. The second-order valence-corrected chi connectivity index (χ2v) is 6.67. The summed E-state index contributed by atoms with van der Waals surface area (Å²) in [5.74, 6) is -0.151. The molecule has 3 aromatic heterocycles. The van der Waals surface area contributed by atoms with Crippen molar-refractivity contribution in [3.05, 3.63) is 17.7 Å². The van der Waals surface area contributed by atoms with E-state index in [1.807, 2.05) is 6.92 Å². The zero-order valence-electron chi connectivity index (χ0n) is 11.2. The molecule has 1 amide bonds. The number of rotatable bonds is 4. The van der Waals surface area contributed by atoms with Crippen LogP contribution in [0.2, 0.25) is 0 Å². The Morgan fingerprint density at radius 3 is 3.00 bits per heavy atom. The second-order valence-electron chi connectivity index (χ2n) is 4.16. The van der Waals surface area contributed by atoms with Crippen LogP contribution in [0, 0.1) is 6.92 Å². The van der Waals surface area contributed by atoms with Crippen molar-refractivity contribution in [1.82, 2.24) is 30.1 Å². The van der Waals surface area contributed by atoms with Gasteiger partial charge in [0.1, 0.15) is 21.9 Å². The minimum absolute atomic E-state index is 0.151. The van der Waals surface area contributed by atoms with E-state index in [0.717, 1.165) is 10.5 Å². The normalized spacial score (nSPS) is 12.5. The van der Waals surface area contributed by atoms with E-state index in [-0.39, 0.29) is 11.2 Å². The van der Waals surface area contributed by atoms with Gasteiger partial charge in [0.2, 0.25) is 11.0 Å². The first-order valence-corrected chi connectivity index (χ1v) is 7.75. The molecule has 0 saturated carbocycles. The summed E-state index contributed by atoms with van der Waals surface area (Å²) in [6, 6.07) is 0. The Hall–Kier alpha value is -2.07. The molecule has 0 unspecified atom stereocenters. The van der Waals surface area contributed by atoms with Crippen molar-refractivity contribution in [2.75, 3.05) is 5.32 Å². The number of carbonyl (C=O) groups excluding carboxylic acids is 1. The van der Waals surface area contributed by atoms with Gasteiger partial charge < -0.3 is 4.98 Å². The Morgan fingerprint density at radius 2 is 2.24 bits per heavy atom. The Bertz CT molecular complexity index is 784. The van der Waals surface area contributed by atoms with Gasteiger partial charge in [-0.1, -0.05) is 23.1 Å². The SMILES string of the molecule is Cc1nnc(NC(=O)[C@@H](C)Sc2ncnc3nc[nH]c23)s1. The van der Waals surface area contributed by atoms with E-state index in [4.69, 9.17) is 0 Å². The largest absolute Gasteiger partial charge is 0.341 e. The van der Waals surface area contributed by atoms with Crippen molar-refractivity contribution < 1.29 is 4.79 Å². The van der Waals surface area contributed by atoms with E-state index >= 15 is 0 Å². The van der Waals surface area contributed by atoms with E-state index in [9.17, 15) is 4.79 Å². The Morgan fingerprint density at radius 1 is 1.38 bits per heavy atom. The molecular formula is C11H11N7OS2. The van der Waals surface area contributed by atoms with Crippen molar-refractivity contribution >= 4 is 45.3 Å². The van der Waals surface area contributed by atoms with Crippen molar-refractivity contribution in [1.29, 1.82) is 0 Å². The number of amides is 1. The minimum Gasteiger partial charge on any atom is -0.341 e. The van der Waals surface area contributed by atoms with Gasteiger partial charge in [-0.15, -0.1) is 10.2 Å². The summed E-state index contributed by atoms with van der Waals surface area (Å²) >= 11 is 2.67. The van der Waals surface area contributed by atoms with Crippen LogP contribution in [-0.2, 0) is 4.79 Å². The average molecular weight is 321 g/mol. The van der Waals surface area contributed by atoms with Crippen molar-refractivity contribution in [2.24, 2.45) is 0 Å². The second kappa shape index (κ2) is 5.74. The van der Waals surface area contributed by atoms with E-state index in [1.54, 1.807) is 13.3 Å². The van der Waals surface area contributed by atoms with Gasteiger partial charge in [-0.3, -0.25) is 10.1 Å². The third-order valence-electron chi connectivity index (χ3n) is 2.60. The smallest absolute Gasteiger partial charge is 0.239 e. The Balaban J connectivity index is 1.72. The van der Waals surface area contributed by atoms with Crippen LogP contribution >= 0.6 is 23.1 Å². The molecule has 0 spiro atoms. The highest BCUT2D eigenvalue weighted by atomic mass is 32.2. The summed E-state index contributed by atoms with van der Waals surface area (Å²) in [6.07, 6.45) is 2.99. The number of carbonyl (C=O) groups is 1. The van der Waals surface area contributed by atoms with Gasteiger partial charge in [-0.25, -0.2) is 15.0 Å². The molecule has 0 bridgehead atoms. The molecule has 0 fully saturated rings. The van der Waals surface area contributed by atoms with Crippen LogP contribution < -0.4 is 5.32 Å². The summed E-state index contributed by atoms with van der Waals surface area (Å²) in [7, 11) is 0. The predicted molar refractivity (Wildman–Crippen MR) is 80.3 cm³/mol. The number of anilines is 1. The molecule has 0 aliphatic carbocycles. The van der Waals surface area contributed by atoms with Gasteiger partial charge in [0.15, 0.2) is 5.65 Å². The fourth-order valence-corrected chi connectivity index (χ4v) is 3.08. The summed E-state index contributed by atoms with van der Waals surface area (Å²) in [5, 5.41) is 12.1. The lowest BCUT2D eigenvalue weighted by molar-refractivity contribution is -0.115. The molecule has 21 heavy (non-hydrogen) atoms. The Kier molecular flexibility index (Phi) is 3.80. The zero-order valence-corrected chi connectivity index (χ0v) is 12.8. The number of aromatic amines is 1.